The Hall–Kier alpha value is -0.570. The van der Waals surface area contributed by atoms with E-state index in [1.54, 1.807) is 12.1 Å². The van der Waals surface area contributed by atoms with Crippen molar-refractivity contribution in [3.05, 3.63) is 30.1 Å². The number of rotatable bonds is 4. The highest BCUT2D eigenvalue weighted by Crippen LogP contribution is 2.13. The summed E-state index contributed by atoms with van der Waals surface area (Å²) in [6.45, 7) is 0.939. The summed E-state index contributed by atoms with van der Waals surface area (Å²) in [4.78, 5) is 2.05. The molecule has 0 bridgehead atoms. The van der Waals surface area contributed by atoms with E-state index in [1.807, 2.05) is 18.0 Å². The van der Waals surface area contributed by atoms with E-state index in [4.69, 9.17) is 0 Å². The van der Waals surface area contributed by atoms with Crippen molar-refractivity contribution in [1.29, 1.82) is 0 Å². The number of nitrogens with zero attached hydrogens (tertiary/aromatic N) is 1. The number of halogens is 2. The third-order valence-corrected chi connectivity index (χ3v) is 2.44. The number of hydrogen-bond acceptors (Lipinski definition) is 1. The lowest BCUT2D eigenvalue weighted by Gasteiger charge is -2.18. The zero-order valence-electron chi connectivity index (χ0n) is 7.63. The van der Waals surface area contributed by atoms with E-state index in [-0.39, 0.29) is 5.82 Å². The summed E-state index contributed by atoms with van der Waals surface area (Å²) in [7, 11) is 1.97. The molecule has 3 heteroatoms. The molecule has 1 nitrogen and oxygen atoms in total. The van der Waals surface area contributed by atoms with E-state index < -0.39 is 0 Å². The molecule has 0 unspecified atom stereocenters. The summed E-state index contributed by atoms with van der Waals surface area (Å²) in [6, 6.07) is 6.66. The quantitative estimate of drug-likeness (QED) is 0.738. The highest BCUT2D eigenvalue weighted by Gasteiger charge is 2.00. The van der Waals surface area contributed by atoms with Crippen LogP contribution in [0.2, 0.25) is 0 Å². The van der Waals surface area contributed by atoms with E-state index in [2.05, 4.69) is 15.9 Å². The lowest BCUT2D eigenvalue weighted by Crippen LogP contribution is -2.18. The van der Waals surface area contributed by atoms with Crippen LogP contribution in [0.4, 0.5) is 10.1 Å². The molecule has 0 radical (unpaired) electrons. The number of anilines is 1. The SMILES string of the molecule is CN(CCCBr)c1cccc(F)c1. The van der Waals surface area contributed by atoms with Gasteiger partial charge < -0.3 is 4.90 Å². The topological polar surface area (TPSA) is 3.24 Å². The van der Waals surface area contributed by atoms with Gasteiger partial charge in [0, 0.05) is 24.6 Å². The Morgan fingerprint density at radius 3 is 2.85 bits per heavy atom. The average Bonchev–Trinajstić information content (AvgIpc) is 2.14. The van der Waals surface area contributed by atoms with Crippen LogP contribution in [0.25, 0.3) is 0 Å². The lowest BCUT2D eigenvalue weighted by atomic mass is 10.3. The maximum Gasteiger partial charge on any atom is 0.125 e. The Morgan fingerprint density at radius 1 is 1.46 bits per heavy atom. The molecule has 72 valence electrons. The summed E-state index contributed by atoms with van der Waals surface area (Å²) in [5.74, 6) is -0.178. The van der Waals surface area contributed by atoms with Gasteiger partial charge >= 0.3 is 0 Å². The molecule has 1 aromatic rings. The third kappa shape index (κ3) is 3.35. The van der Waals surface area contributed by atoms with Crippen molar-refractivity contribution in [3.8, 4) is 0 Å². The smallest absolute Gasteiger partial charge is 0.125 e. The first kappa shape index (κ1) is 10.5. The van der Waals surface area contributed by atoms with Gasteiger partial charge in [-0.2, -0.15) is 0 Å². The van der Waals surface area contributed by atoms with Gasteiger partial charge in [0.1, 0.15) is 5.82 Å². The second kappa shape index (κ2) is 5.22. The Bertz CT molecular complexity index is 265. The van der Waals surface area contributed by atoms with Gasteiger partial charge in [0.15, 0.2) is 0 Å². The van der Waals surface area contributed by atoms with E-state index in [9.17, 15) is 4.39 Å². The minimum atomic E-state index is -0.178. The minimum absolute atomic E-state index is 0.178. The summed E-state index contributed by atoms with van der Waals surface area (Å²) >= 11 is 3.36. The van der Waals surface area contributed by atoms with Crippen LogP contribution < -0.4 is 4.90 Å². The largest absolute Gasteiger partial charge is 0.374 e. The zero-order valence-corrected chi connectivity index (χ0v) is 9.22. The van der Waals surface area contributed by atoms with Crippen molar-refractivity contribution in [1.82, 2.24) is 0 Å². The van der Waals surface area contributed by atoms with Crippen LogP contribution in [0.15, 0.2) is 24.3 Å². The maximum atomic E-state index is 12.8. The van der Waals surface area contributed by atoms with Crippen LogP contribution in [0.3, 0.4) is 0 Å². The minimum Gasteiger partial charge on any atom is -0.374 e. The summed E-state index contributed by atoms with van der Waals surface area (Å²) < 4.78 is 12.8. The second-order valence-corrected chi connectivity index (χ2v) is 3.74. The molecule has 1 aromatic carbocycles. The van der Waals surface area contributed by atoms with Crippen LogP contribution in [0.1, 0.15) is 6.42 Å². The number of alkyl halides is 1. The van der Waals surface area contributed by atoms with Crippen LogP contribution in [-0.4, -0.2) is 18.9 Å². The lowest BCUT2D eigenvalue weighted by molar-refractivity contribution is 0.627. The number of hydrogen-bond donors (Lipinski definition) is 0. The molecule has 1 rings (SSSR count). The highest BCUT2D eigenvalue weighted by atomic mass is 79.9. The molecule has 0 aromatic heterocycles. The molecule has 13 heavy (non-hydrogen) atoms. The van der Waals surface area contributed by atoms with Gasteiger partial charge in [-0.3, -0.25) is 0 Å². The fraction of sp³-hybridized carbons (Fsp3) is 0.400. The molecule has 0 N–H and O–H groups in total. The van der Waals surface area contributed by atoms with Crippen LogP contribution in [0, 0.1) is 5.82 Å². The predicted octanol–water partition coefficient (Wildman–Crippen LogP) is 3.05. The van der Waals surface area contributed by atoms with Crippen molar-refractivity contribution in [2.45, 2.75) is 6.42 Å². The molecular formula is C10H13BrFN. The van der Waals surface area contributed by atoms with Gasteiger partial charge in [0.05, 0.1) is 0 Å². The van der Waals surface area contributed by atoms with E-state index in [0.717, 1.165) is 24.0 Å². The van der Waals surface area contributed by atoms with Gasteiger partial charge in [0.25, 0.3) is 0 Å². The fourth-order valence-electron chi connectivity index (χ4n) is 1.14. The summed E-state index contributed by atoms with van der Waals surface area (Å²) in [5, 5.41) is 0.979. The molecule has 0 spiro atoms. The molecule has 0 atom stereocenters. The molecule has 0 saturated carbocycles. The normalized spacial score (nSPS) is 10.1. The molecule has 0 fully saturated rings. The Labute approximate surface area is 86.7 Å². The van der Waals surface area contributed by atoms with Crippen LogP contribution in [0.5, 0.6) is 0 Å². The molecule has 0 aliphatic heterocycles. The van der Waals surface area contributed by atoms with E-state index in [0.29, 0.717) is 0 Å². The Kier molecular flexibility index (Phi) is 4.22. The first-order valence-corrected chi connectivity index (χ1v) is 5.39. The van der Waals surface area contributed by atoms with Crippen molar-refractivity contribution >= 4 is 21.6 Å². The first-order chi connectivity index (χ1) is 6.24. The molecule has 0 saturated heterocycles. The van der Waals surface area contributed by atoms with Crippen molar-refractivity contribution in [2.75, 3.05) is 23.8 Å². The molecule has 0 aliphatic rings. The van der Waals surface area contributed by atoms with Gasteiger partial charge in [-0.1, -0.05) is 22.0 Å². The summed E-state index contributed by atoms with van der Waals surface area (Å²) in [6.07, 6.45) is 1.06. The van der Waals surface area contributed by atoms with Crippen molar-refractivity contribution in [3.63, 3.8) is 0 Å². The highest BCUT2D eigenvalue weighted by molar-refractivity contribution is 9.09. The Balaban J connectivity index is 2.60. The van der Waals surface area contributed by atoms with Crippen LogP contribution in [-0.2, 0) is 0 Å². The van der Waals surface area contributed by atoms with Gasteiger partial charge in [-0.25, -0.2) is 4.39 Å². The van der Waals surface area contributed by atoms with Gasteiger partial charge in [-0.05, 0) is 24.6 Å². The molecular weight excluding hydrogens is 233 g/mol. The first-order valence-electron chi connectivity index (χ1n) is 4.26. The fourth-order valence-corrected chi connectivity index (χ4v) is 1.39. The van der Waals surface area contributed by atoms with Gasteiger partial charge in [0.2, 0.25) is 0 Å². The van der Waals surface area contributed by atoms with E-state index >= 15 is 0 Å². The second-order valence-electron chi connectivity index (χ2n) is 2.94. The summed E-state index contributed by atoms with van der Waals surface area (Å²) in [5.41, 5.74) is 0.931. The third-order valence-electron chi connectivity index (χ3n) is 1.88. The average molecular weight is 246 g/mol. The van der Waals surface area contributed by atoms with Crippen molar-refractivity contribution < 1.29 is 4.39 Å². The predicted molar refractivity (Wildman–Crippen MR) is 58.1 cm³/mol. The van der Waals surface area contributed by atoms with Gasteiger partial charge in [-0.15, -0.1) is 0 Å². The standard InChI is InChI=1S/C10H13BrFN/c1-13(7-3-6-11)10-5-2-4-9(12)8-10/h2,4-5,8H,3,6-7H2,1H3. The maximum absolute atomic E-state index is 12.8. The molecule has 0 heterocycles. The molecule has 0 amide bonds. The Morgan fingerprint density at radius 2 is 2.23 bits per heavy atom. The van der Waals surface area contributed by atoms with E-state index in [1.165, 1.54) is 6.07 Å². The van der Waals surface area contributed by atoms with Crippen LogP contribution >= 0.6 is 15.9 Å². The monoisotopic (exact) mass is 245 g/mol. The zero-order chi connectivity index (χ0) is 9.68. The molecule has 0 aliphatic carbocycles. The number of benzene rings is 1. The van der Waals surface area contributed by atoms with Crippen molar-refractivity contribution in [2.24, 2.45) is 0 Å².